The summed E-state index contributed by atoms with van der Waals surface area (Å²) in [6, 6.07) is 0.553. The predicted octanol–water partition coefficient (Wildman–Crippen LogP) is 3.10. The number of nitrogens with zero attached hydrogens (tertiary/aromatic N) is 1. The molecule has 0 unspecified atom stereocenters. The zero-order chi connectivity index (χ0) is 15.3. The highest BCUT2D eigenvalue weighted by molar-refractivity contribution is 5.81. The van der Waals surface area contributed by atoms with E-state index in [9.17, 15) is 18.0 Å². The van der Waals surface area contributed by atoms with Crippen LogP contribution >= 0.6 is 0 Å². The molecule has 0 aromatic rings. The molecule has 6 heteroatoms. The van der Waals surface area contributed by atoms with E-state index in [1.807, 2.05) is 6.92 Å². The van der Waals surface area contributed by atoms with Gasteiger partial charge in [-0.2, -0.15) is 13.2 Å². The Morgan fingerprint density at radius 2 is 1.80 bits per heavy atom. The predicted molar refractivity (Wildman–Crippen MR) is 72.4 cm³/mol. The monoisotopic (exact) mass is 294 g/mol. The number of likely N-dealkylation sites (tertiary alicyclic amines) is 1. The van der Waals surface area contributed by atoms with Crippen molar-refractivity contribution >= 4 is 5.91 Å². The number of amides is 1. The fourth-order valence-electron chi connectivity index (χ4n) is 2.92. The zero-order valence-electron chi connectivity index (χ0n) is 12.5. The number of hydrogen-bond donors (Lipinski definition) is 1. The van der Waals surface area contributed by atoms with Gasteiger partial charge in [-0.15, -0.1) is 0 Å². The van der Waals surface area contributed by atoms with Crippen LogP contribution in [-0.4, -0.2) is 41.7 Å². The molecule has 1 fully saturated rings. The smallest absolute Gasteiger partial charge is 0.355 e. The van der Waals surface area contributed by atoms with Crippen molar-refractivity contribution in [1.29, 1.82) is 0 Å². The molecule has 1 saturated heterocycles. The molecule has 1 aliphatic rings. The minimum absolute atomic E-state index is 0.0642. The van der Waals surface area contributed by atoms with Crippen molar-refractivity contribution in [2.24, 2.45) is 0 Å². The fourth-order valence-corrected chi connectivity index (χ4v) is 2.92. The summed E-state index contributed by atoms with van der Waals surface area (Å²) >= 11 is 0. The molecule has 3 nitrogen and oxygen atoms in total. The van der Waals surface area contributed by atoms with E-state index in [1.54, 1.807) is 0 Å². The Balaban J connectivity index is 2.25. The van der Waals surface area contributed by atoms with Crippen LogP contribution in [0.2, 0.25) is 0 Å². The Kier molecular flexibility index (Phi) is 6.30. The summed E-state index contributed by atoms with van der Waals surface area (Å²) in [5, 5.41) is 2.74. The Bertz CT molecular complexity index is 310. The van der Waals surface area contributed by atoms with E-state index in [4.69, 9.17) is 0 Å². The third-order valence-corrected chi connectivity index (χ3v) is 4.03. The number of carbonyl (C=O) groups excluding carboxylic acids is 1. The first-order valence-corrected chi connectivity index (χ1v) is 7.34. The van der Waals surface area contributed by atoms with Crippen molar-refractivity contribution in [3.05, 3.63) is 0 Å². The molecule has 1 amide bonds. The molecular weight excluding hydrogens is 269 g/mol. The van der Waals surface area contributed by atoms with Crippen molar-refractivity contribution in [2.75, 3.05) is 6.54 Å². The zero-order valence-corrected chi connectivity index (χ0v) is 12.5. The van der Waals surface area contributed by atoms with Gasteiger partial charge in [0.05, 0.1) is 6.04 Å². The number of halogens is 3. The number of unbranched alkanes of at least 4 members (excludes halogenated alkanes) is 1. The number of hydrogen-bond acceptors (Lipinski definition) is 2. The molecule has 0 saturated carbocycles. The van der Waals surface area contributed by atoms with Crippen LogP contribution in [0.25, 0.3) is 0 Å². The quantitative estimate of drug-likeness (QED) is 0.764. The first-order valence-electron chi connectivity index (χ1n) is 7.34. The molecule has 1 aliphatic heterocycles. The third-order valence-electron chi connectivity index (χ3n) is 4.03. The lowest BCUT2D eigenvalue weighted by molar-refractivity contribution is -0.135. The number of nitrogens with one attached hydrogen (secondary N) is 1. The molecule has 1 heterocycles. The summed E-state index contributed by atoms with van der Waals surface area (Å²) in [7, 11) is 0. The van der Waals surface area contributed by atoms with Crippen LogP contribution in [0.1, 0.15) is 52.9 Å². The van der Waals surface area contributed by atoms with Crippen LogP contribution in [0.4, 0.5) is 13.2 Å². The van der Waals surface area contributed by atoms with Gasteiger partial charge in [0.15, 0.2) is 0 Å². The summed E-state index contributed by atoms with van der Waals surface area (Å²) in [6.07, 6.45) is -2.27. The van der Waals surface area contributed by atoms with Gasteiger partial charge in [-0.1, -0.05) is 0 Å². The standard InChI is InChI=1S/C14H25F3N2O/c1-10-6-7-11(2)19(10)12(3)13(20)18-9-5-4-8-14(15,16)17/h10-12H,4-9H2,1-3H3,(H,18,20)/t10-,11-,12-/m1/s1. The first-order chi connectivity index (χ1) is 9.22. The van der Waals surface area contributed by atoms with Crippen molar-refractivity contribution < 1.29 is 18.0 Å². The van der Waals surface area contributed by atoms with E-state index in [0.29, 0.717) is 25.0 Å². The lowest BCUT2D eigenvalue weighted by atomic mass is 10.2. The highest BCUT2D eigenvalue weighted by atomic mass is 19.4. The third kappa shape index (κ3) is 5.31. The lowest BCUT2D eigenvalue weighted by Gasteiger charge is -2.31. The highest BCUT2D eigenvalue weighted by Gasteiger charge is 2.34. The van der Waals surface area contributed by atoms with Gasteiger partial charge in [-0.25, -0.2) is 0 Å². The van der Waals surface area contributed by atoms with Gasteiger partial charge in [-0.05, 0) is 46.5 Å². The van der Waals surface area contributed by atoms with Gasteiger partial charge >= 0.3 is 6.18 Å². The number of alkyl halides is 3. The minimum atomic E-state index is -4.10. The van der Waals surface area contributed by atoms with Crippen LogP contribution in [0, 0.1) is 0 Å². The second-order valence-electron chi connectivity index (χ2n) is 5.76. The van der Waals surface area contributed by atoms with Gasteiger partial charge in [0, 0.05) is 25.0 Å². The molecule has 1 rings (SSSR count). The van der Waals surface area contributed by atoms with Crippen molar-refractivity contribution in [1.82, 2.24) is 10.2 Å². The van der Waals surface area contributed by atoms with Crippen molar-refractivity contribution in [2.45, 2.75) is 77.2 Å². The minimum Gasteiger partial charge on any atom is -0.355 e. The maximum Gasteiger partial charge on any atom is 0.389 e. The normalized spacial score (nSPS) is 25.7. The molecule has 0 spiro atoms. The van der Waals surface area contributed by atoms with Gasteiger partial charge in [0.1, 0.15) is 0 Å². The molecule has 0 radical (unpaired) electrons. The molecular formula is C14H25F3N2O. The van der Waals surface area contributed by atoms with Crippen molar-refractivity contribution in [3.63, 3.8) is 0 Å². The Morgan fingerprint density at radius 3 is 2.30 bits per heavy atom. The van der Waals surface area contributed by atoms with Gasteiger partial charge in [-0.3, -0.25) is 9.69 Å². The molecule has 0 bridgehead atoms. The van der Waals surface area contributed by atoms with Gasteiger partial charge in [0.25, 0.3) is 0 Å². The largest absolute Gasteiger partial charge is 0.389 e. The van der Waals surface area contributed by atoms with Gasteiger partial charge < -0.3 is 5.32 Å². The molecule has 0 aliphatic carbocycles. The fraction of sp³-hybridized carbons (Fsp3) is 0.929. The Morgan fingerprint density at radius 1 is 1.25 bits per heavy atom. The summed E-state index contributed by atoms with van der Waals surface area (Å²) in [5.41, 5.74) is 0. The molecule has 118 valence electrons. The highest BCUT2D eigenvalue weighted by Crippen LogP contribution is 2.26. The second-order valence-corrected chi connectivity index (χ2v) is 5.76. The molecule has 3 atom stereocenters. The SMILES string of the molecule is C[C@@H]1CC[C@@H](C)N1[C@H](C)C(=O)NCCCCC(F)(F)F. The summed E-state index contributed by atoms with van der Waals surface area (Å²) in [6.45, 7) is 6.40. The van der Waals surface area contributed by atoms with Crippen molar-refractivity contribution in [3.8, 4) is 0 Å². The average Bonchev–Trinajstić information content (AvgIpc) is 2.66. The topological polar surface area (TPSA) is 32.3 Å². The van der Waals surface area contributed by atoms with E-state index < -0.39 is 12.6 Å². The summed E-state index contributed by atoms with van der Waals surface area (Å²) < 4.78 is 35.9. The van der Waals surface area contributed by atoms with Crippen LogP contribution in [-0.2, 0) is 4.79 Å². The Hall–Kier alpha value is -0.780. The van der Waals surface area contributed by atoms with E-state index in [0.717, 1.165) is 12.8 Å². The van der Waals surface area contributed by atoms with E-state index in [-0.39, 0.29) is 18.4 Å². The molecule has 0 aromatic heterocycles. The molecule has 20 heavy (non-hydrogen) atoms. The second kappa shape index (κ2) is 7.29. The molecule has 1 N–H and O–H groups in total. The average molecular weight is 294 g/mol. The summed E-state index contributed by atoms with van der Waals surface area (Å²) in [4.78, 5) is 14.2. The molecule has 0 aromatic carbocycles. The maximum absolute atomic E-state index is 12.0. The maximum atomic E-state index is 12.0. The van der Waals surface area contributed by atoms with E-state index in [1.165, 1.54) is 0 Å². The lowest BCUT2D eigenvalue weighted by Crippen LogP contribution is -2.49. The van der Waals surface area contributed by atoms with E-state index >= 15 is 0 Å². The Labute approximate surface area is 118 Å². The van der Waals surface area contributed by atoms with Crippen LogP contribution in [0.15, 0.2) is 0 Å². The number of rotatable bonds is 6. The van der Waals surface area contributed by atoms with Crippen LogP contribution < -0.4 is 5.32 Å². The van der Waals surface area contributed by atoms with Crippen LogP contribution in [0.3, 0.4) is 0 Å². The first kappa shape index (κ1) is 17.3. The van der Waals surface area contributed by atoms with E-state index in [2.05, 4.69) is 24.1 Å². The summed E-state index contributed by atoms with van der Waals surface area (Å²) in [5.74, 6) is -0.0855. The van der Waals surface area contributed by atoms with Gasteiger partial charge in [0.2, 0.25) is 5.91 Å². The number of carbonyl (C=O) groups is 1. The van der Waals surface area contributed by atoms with Crippen LogP contribution in [0.5, 0.6) is 0 Å².